The van der Waals surface area contributed by atoms with Crippen molar-refractivity contribution in [2.75, 3.05) is 6.54 Å². The molecule has 1 aliphatic carbocycles. The molecule has 1 saturated carbocycles. The Morgan fingerprint density at radius 1 is 1.23 bits per heavy atom. The number of nitriles is 1. The fourth-order valence-electron chi connectivity index (χ4n) is 3.42. The third-order valence-electron chi connectivity index (χ3n) is 5.31. The summed E-state index contributed by atoms with van der Waals surface area (Å²) in [6.07, 6.45) is 0.285. The Labute approximate surface area is 177 Å². The molecule has 2 atom stereocenters. The van der Waals surface area contributed by atoms with Gasteiger partial charge in [0.05, 0.1) is 16.2 Å². The fourth-order valence-corrected chi connectivity index (χ4v) is 5.12. The van der Waals surface area contributed by atoms with Crippen LogP contribution in [0.1, 0.15) is 45.6 Å². The zero-order valence-electron chi connectivity index (χ0n) is 17.6. The molecule has 0 spiro atoms. The van der Waals surface area contributed by atoms with Crippen molar-refractivity contribution in [3.63, 3.8) is 0 Å². The molecule has 1 heterocycles. The molecule has 1 N–H and O–H groups in total. The van der Waals surface area contributed by atoms with Crippen molar-refractivity contribution in [3.8, 4) is 6.07 Å². The predicted molar refractivity (Wildman–Crippen MR) is 109 cm³/mol. The summed E-state index contributed by atoms with van der Waals surface area (Å²) < 4.78 is 31.7. The van der Waals surface area contributed by atoms with E-state index in [0.29, 0.717) is 12.8 Å². The normalized spacial score (nSPS) is 22.8. The summed E-state index contributed by atoms with van der Waals surface area (Å²) >= 11 is 0. The second kappa shape index (κ2) is 7.58. The second-order valence-electron chi connectivity index (χ2n) is 9.05. The van der Waals surface area contributed by atoms with Gasteiger partial charge in [-0.15, -0.1) is 0 Å². The van der Waals surface area contributed by atoms with E-state index < -0.39 is 44.3 Å². The topological polar surface area (TPSA) is 117 Å². The first-order valence-electron chi connectivity index (χ1n) is 9.90. The number of amides is 2. The van der Waals surface area contributed by atoms with E-state index in [-0.39, 0.29) is 17.9 Å². The number of likely N-dealkylation sites (tertiary alicyclic amines) is 1. The van der Waals surface area contributed by atoms with Crippen LogP contribution in [0.15, 0.2) is 29.2 Å². The SMILES string of the molecule is Cc1ccc(S(=O)(=O)C2CC(C(=O)NC3(C#N)CC3)N(C(=O)OC(C)(C)C)C2)cc1. The Balaban J connectivity index is 1.87. The van der Waals surface area contributed by atoms with E-state index in [1.54, 1.807) is 32.9 Å². The van der Waals surface area contributed by atoms with Crippen molar-refractivity contribution >= 4 is 21.8 Å². The summed E-state index contributed by atoms with van der Waals surface area (Å²) in [5.74, 6) is -0.526. The van der Waals surface area contributed by atoms with E-state index in [2.05, 4.69) is 11.4 Å². The number of aryl methyl sites for hydroxylation is 1. The maximum absolute atomic E-state index is 13.2. The van der Waals surface area contributed by atoms with Crippen molar-refractivity contribution in [3.05, 3.63) is 29.8 Å². The minimum Gasteiger partial charge on any atom is -0.444 e. The lowest BCUT2D eigenvalue weighted by atomic mass is 10.2. The molecule has 0 bridgehead atoms. The summed E-state index contributed by atoms with van der Waals surface area (Å²) in [6.45, 7) is 6.81. The fraction of sp³-hybridized carbons (Fsp3) is 0.571. The lowest BCUT2D eigenvalue weighted by Crippen LogP contribution is -2.50. The first kappa shape index (κ1) is 22.1. The van der Waals surface area contributed by atoms with Gasteiger partial charge in [-0.1, -0.05) is 17.7 Å². The third-order valence-corrected chi connectivity index (χ3v) is 7.46. The molecule has 162 valence electrons. The van der Waals surface area contributed by atoms with E-state index in [0.717, 1.165) is 5.56 Å². The number of hydrogen-bond donors (Lipinski definition) is 1. The molecule has 1 aliphatic heterocycles. The third kappa shape index (κ3) is 4.59. The zero-order chi connectivity index (χ0) is 22.3. The van der Waals surface area contributed by atoms with Crippen LogP contribution >= 0.6 is 0 Å². The molecule has 30 heavy (non-hydrogen) atoms. The summed E-state index contributed by atoms with van der Waals surface area (Å²) in [7, 11) is -3.76. The number of benzene rings is 1. The van der Waals surface area contributed by atoms with Gasteiger partial charge >= 0.3 is 6.09 Å². The minimum atomic E-state index is -3.76. The van der Waals surface area contributed by atoms with E-state index in [9.17, 15) is 23.3 Å². The molecule has 1 aromatic rings. The molecule has 3 rings (SSSR count). The van der Waals surface area contributed by atoms with Gasteiger partial charge in [0.15, 0.2) is 9.84 Å². The van der Waals surface area contributed by atoms with Gasteiger partial charge < -0.3 is 10.1 Å². The van der Waals surface area contributed by atoms with Crippen LogP contribution in [0.4, 0.5) is 4.79 Å². The number of hydrogen-bond acceptors (Lipinski definition) is 6. The summed E-state index contributed by atoms with van der Waals surface area (Å²) in [4.78, 5) is 27.0. The van der Waals surface area contributed by atoms with Gasteiger partial charge in [0.1, 0.15) is 17.2 Å². The number of nitrogens with zero attached hydrogens (tertiary/aromatic N) is 2. The number of nitrogens with one attached hydrogen (secondary N) is 1. The molecule has 2 unspecified atom stereocenters. The largest absolute Gasteiger partial charge is 0.444 e. The molecule has 1 aromatic carbocycles. The lowest BCUT2D eigenvalue weighted by Gasteiger charge is -2.28. The van der Waals surface area contributed by atoms with Crippen molar-refractivity contribution in [2.24, 2.45) is 0 Å². The van der Waals surface area contributed by atoms with Crippen molar-refractivity contribution < 1.29 is 22.7 Å². The maximum atomic E-state index is 13.2. The van der Waals surface area contributed by atoms with E-state index in [4.69, 9.17) is 4.74 Å². The van der Waals surface area contributed by atoms with Gasteiger partial charge in [0, 0.05) is 6.54 Å². The monoisotopic (exact) mass is 433 g/mol. The highest BCUT2D eigenvalue weighted by Gasteiger charge is 2.51. The van der Waals surface area contributed by atoms with Crippen molar-refractivity contribution in [1.82, 2.24) is 10.2 Å². The van der Waals surface area contributed by atoms with Crippen molar-refractivity contribution in [2.45, 2.75) is 74.3 Å². The molecule has 0 aromatic heterocycles. The van der Waals surface area contributed by atoms with Crippen LogP contribution in [0.5, 0.6) is 0 Å². The van der Waals surface area contributed by atoms with Crippen LogP contribution < -0.4 is 5.32 Å². The molecule has 2 aliphatic rings. The highest BCUT2D eigenvalue weighted by atomic mass is 32.2. The number of rotatable bonds is 4. The molecule has 9 heteroatoms. The number of carbonyl (C=O) groups is 2. The maximum Gasteiger partial charge on any atom is 0.411 e. The molecule has 2 amide bonds. The van der Waals surface area contributed by atoms with Gasteiger partial charge in [-0.25, -0.2) is 13.2 Å². The van der Waals surface area contributed by atoms with Gasteiger partial charge in [-0.2, -0.15) is 5.26 Å². The summed E-state index contributed by atoms with van der Waals surface area (Å²) in [6, 6.07) is 7.54. The predicted octanol–water partition coefficient (Wildman–Crippen LogP) is 2.32. The first-order chi connectivity index (χ1) is 13.9. The smallest absolute Gasteiger partial charge is 0.411 e. The Kier molecular flexibility index (Phi) is 5.58. The Morgan fingerprint density at radius 2 is 1.83 bits per heavy atom. The number of ether oxygens (including phenoxy) is 1. The second-order valence-corrected chi connectivity index (χ2v) is 11.3. The van der Waals surface area contributed by atoms with E-state index >= 15 is 0 Å². The van der Waals surface area contributed by atoms with Crippen LogP contribution in [0.25, 0.3) is 0 Å². The highest BCUT2D eigenvalue weighted by Crippen LogP contribution is 2.36. The standard InChI is InChI=1S/C21H27N3O5S/c1-14-5-7-15(8-6-14)30(27,28)16-11-17(18(25)23-21(13-22)9-10-21)24(12-16)19(26)29-20(2,3)4/h5-8,16-17H,9-12H2,1-4H3,(H,23,25). The van der Waals surface area contributed by atoms with E-state index in [1.165, 1.54) is 17.0 Å². The van der Waals surface area contributed by atoms with Crippen molar-refractivity contribution in [1.29, 1.82) is 5.26 Å². The average molecular weight is 434 g/mol. The van der Waals surface area contributed by atoms with Crippen LogP contribution in [0, 0.1) is 18.3 Å². The van der Waals surface area contributed by atoms with Crippen LogP contribution in [-0.2, 0) is 19.4 Å². The molecule has 2 fully saturated rings. The Morgan fingerprint density at radius 3 is 2.33 bits per heavy atom. The van der Waals surface area contributed by atoms with Gasteiger partial charge in [-0.3, -0.25) is 9.69 Å². The lowest BCUT2D eigenvalue weighted by molar-refractivity contribution is -0.126. The molecule has 1 saturated heterocycles. The Hall–Kier alpha value is -2.60. The summed E-state index contributed by atoms with van der Waals surface area (Å²) in [5.41, 5.74) is -0.777. The van der Waals surface area contributed by atoms with Crippen LogP contribution in [-0.4, -0.2) is 54.3 Å². The highest BCUT2D eigenvalue weighted by molar-refractivity contribution is 7.92. The van der Waals surface area contributed by atoms with Gasteiger partial charge in [-0.05, 0) is 59.1 Å². The molecule has 0 radical (unpaired) electrons. The quantitative estimate of drug-likeness (QED) is 0.779. The number of carbonyl (C=O) groups excluding carboxylic acids is 2. The van der Waals surface area contributed by atoms with E-state index in [1.807, 2.05) is 6.92 Å². The first-order valence-corrected chi connectivity index (χ1v) is 11.4. The van der Waals surface area contributed by atoms with Crippen LogP contribution in [0.2, 0.25) is 0 Å². The van der Waals surface area contributed by atoms with Gasteiger partial charge in [0.25, 0.3) is 0 Å². The molecular formula is C21H27N3O5S. The summed E-state index contributed by atoms with van der Waals surface area (Å²) in [5, 5.41) is 11.0. The zero-order valence-corrected chi connectivity index (χ0v) is 18.5. The molecule has 8 nitrogen and oxygen atoms in total. The minimum absolute atomic E-state index is 0.0528. The average Bonchev–Trinajstić information content (AvgIpc) is 3.25. The van der Waals surface area contributed by atoms with Gasteiger partial charge in [0.2, 0.25) is 5.91 Å². The Bertz CT molecular complexity index is 985. The molecular weight excluding hydrogens is 406 g/mol. The van der Waals surface area contributed by atoms with Crippen LogP contribution in [0.3, 0.4) is 0 Å². The number of sulfone groups is 1.